The summed E-state index contributed by atoms with van der Waals surface area (Å²) in [6.45, 7) is 0. The number of hydrogen-bond donors (Lipinski definition) is 2. The van der Waals surface area contributed by atoms with Gasteiger partial charge in [0.15, 0.2) is 0 Å². The molecule has 1 aliphatic carbocycles. The molecule has 2 rings (SSSR count). The molecule has 1 unspecified atom stereocenters. The molecule has 0 aromatic heterocycles. The number of amides is 1. The van der Waals surface area contributed by atoms with Crippen LogP contribution in [-0.4, -0.2) is 11.9 Å². The van der Waals surface area contributed by atoms with E-state index in [1.807, 2.05) is 0 Å². The topological polar surface area (TPSA) is 55.1 Å². The number of rotatable bonds is 4. The summed E-state index contributed by atoms with van der Waals surface area (Å²) >= 11 is 0. The van der Waals surface area contributed by atoms with Crippen molar-refractivity contribution in [3.63, 3.8) is 0 Å². The monoisotopic (exact) mass is 240 g/mol. The largest absolute Gasteiger partial charge is 0.327 e. The summed E-state index contributed by atoms with van der Waals surface area (Å²) < 4.78 is 26.1. The molecule has 3 N–H and O–H groups in total. The maximum Gasteiger partial charge on any atom is 0.226 e. The van der Waals surface area contributed by atoms with Crippen molar-refractivity contribution in [3.05, 3.63) is 29.8 Å². The summed E-state index contributed by atoms with van der Waals surface area (Å²) in [7, 11) is 0. The molecule has 0 bridgehead atoms. The van der Waals surface area contributed by atoms with E-state index < -0.39 is 11.6 Å². The van der Waals surface area contributed by atoms with Gasteiger partial charge in [-0.1, -0.05) is 0 Å². The highest BCUT2D eigenvalue weighted by Crippen LogP contribution is 2.32. The van der Waals surface area contributed by atoms with Crippen molar-refractivity contribution in [1.29, 1.82) is 0 Å². The van der Waals surface area contributed by atoms with E-state index >= 15 is 0 Å². The molecule has 1 aromatic rings. The standard InChI is InChI=1S/C12H14F2N2O/c13-8-3-4-9(14)11(5-8)16-12(17)6-10(15)7-1-2-7/h3-5,7,10H,1-2,6,15H2,(H,16,17). The highest BCUT2D eigenvalue weighted by molar-refractivity contribution is 5.91. The van der Waals surface area contributed by atoms with Gasteiger partial charge in [-0.2, -0.15) is 0 Å². The predicted octanol–water partition coefficient (Wildman–Crippen LogP) is 2.03. The first-order valence-electron chi connectivity index (χ1n) is 5.57. The van der Waals surface area contributed by atoms with Crippen LogP contribution in [-0.2, 0) is 4.79 Å². The van der Waals surface area contributed by atoms with Gasteiger partial charge in [-0.25, -0.2) is 8.78 Å². The molecule has 1 aromatic carbocycles. The van der Waals surface area contributed by atoms with Crippen LogP contribution in [0.5, 0.6) is 0 Å². The fourth-order valence-electron chi connectivity index (χ4n) is 1.70. The molecule has 3 nitrogen and oxygen atoms in total. The first-order chi connectivity index (χ1) is 8.06. The fraction of sp³-hybridized carbons (Fsp3) is 0.417. The molecular formula is C12H14F2N2O. The van der Waals surface area contributed by atoms with Crippen molar-refractivity contribution in [2.75, 3.05) is 5.32 Å². The Balaban J connectivity index is 1.94. The second-order valence-corrected chi connectivity index (χ2v) is 4.38. The zero-order valence-electron chi connectivity index (χ0n) is 9.25. The first-order valence-corrected chi connectivity index (χ1v) is 5.57. The van der Waals surface area contributed by atoms with Crippen molar-refractivity contribution in [3.8, 4) is 0 Å². The second-order valence-electron chi connectivity index (χ2n) is 4.38. The van der Waals surface area contributed by atoms with Crippen LogP contribution in [0.1, 0.15) is 19.3 Å². The highest BCUT2D eigenvalue weighted by Gasteiger charge is 2.29. The number of anilines is 1. The van der Waals surface area contributed by atoms with Gasteiger partial charge in [0.2, 0.25) is 5.91 Å². The lowest BCUT2D eigenvalue weighted by Gasteiger charge is -2.11. The summed E-state index contributed by atoms with van der Waals surface area (Å²) in [5.74, 6) is -1.22. The van der Waals surface area contributed by atoms with Gasteiger partial charge in [-0.15, -0.1) is 0 Å². The summed E-state index contributed by atoms with van der Waals surface area (Å²) in [5, 5.41) is 2.33. The minimum absolute atomic E-state index is 0.140. The van der Waals surface area contributed by atoms with E-state index in [1.54, 1.807) is 0 Å². The Labute approximate surface area is 98.0 Å². The van der Waals surface area contributed by atoms with E-state index in [-0.39, 0.29) is 24.1 Å². The minimum atomic E-state index is -0.653. The molecule has 0 saturated heterocycles. The SMILES string of the molecule is NC(CC(=O)Nc1cc(F)ccc1F)C1CC1. The molecule has 1 saturated carbocycles. The second kappa shape index (κ2) is 4.79. The zero-order valence-corrected chi connectivity index (χ0v) is 9.25. The van der Waals surface area contributed by atoms with Crippen molar-refractivity contribution in [2.45, 2.75) is 25.3 Å². The molecule has 0 radical (unpaired) electrons. The lowest BCUT2D eigenvalue weighted by atomic mass is 10.1. The Hall–Kier alpha value is -1.49. The average molecular weight is 240 g/mol. The van der Waals surface area contributed by atoms with E-state index in [0.717, 1.165) is 31.0 Å². The first kappa shape index (κ1) is 12.0. The van der Waals surface area contributed by atoms with Gasteiger partial charge in [-0.3, -0.25) is 4.79 Å². The van der Waals surface area contributed by atoms with Crippen LogP contribution in [0.25, 0.3) is 0 Å². The minimum Gasteiger partial charge on any atom is -0.327 e. The molecule has 0 spiro atoms. The van der Waals surface area contributed by atoms with Crippen LogP contribution in [0, 0.1) is 17.6 Å². The average Bonchev–Trinajstić information content (AvgIpc) is 3.06. The fourth-order valence-corrected chi connectivity index (χ4v) is 1.70. The molecule has 0 aliphatic heterocycles. The Morgan fingerprint density at radius 1 is 1.47 bits per heavy atom. The summed E-state index contributed by atoms with van der Waals surface area (Å²) in [4.78, 5) is 11.5. The molecule has 1 aliphatic rings. The van der Waals surface area contributed by atoms with Gasteiger partial charge in [0, 0.05) is 18.5 Å². The molecule has 92 valence electrons. The van der Waals surface area contributed by atoms with E-state index in [4.69, 9.17) is 5.73 Å². The summed E-state index contributed by atoms with van der Waals surface area (Å²) in [6.07, 6.45) is 2.23. The Bertz CT molecular complexity index is 433. The van der Waals surface area contributed by atoms with Crippen molar-refractivity contribution < 1.29 is 13.6 Å². The van der Waals surface area contributed by atoms with Gasteiger partial charge >= 0.3 is 0 Å². The number of carbonyl (C=O) groups excluding carboxylic acids is 1. The predicted molar refractivity (Wildman–Crippen MR) is 60.3 cm³/mol. The van der Waals surface area contributed by atoms with Crippen LogP contribution in [0.3, 0.4) is 0 Å². The number of nitrogens with one attached hydrogen (secondary N) is 1. The number of hydrogen-bond acceptors (Lipinski definition) is 2. The van der Waals surface area contributed by atoms with Crippen molar-refractivity contribution >= 4 is 11.6 Å². The van der Waals surface area contributed by atoms with Crippen molar-refractivity contribution in [2.24, 2.45) is 11.7 Å². The highest BCUT2D eigenvalue weighted by atomic mass is 19.1. The maximum atomic E-state index is 13.2. The molecule has 1 fully saturated rings. The van der Waals surface area contributed by atoms with Gasteiger partial charge < -0.3 is 11.1 Å². The van der Waals surface area contributed by atoms with E-state index in [1.165, 1.54) is 0 Å². The molecule has 1 amide bonds. The van der Waals surface area contributed by atoms with E-state index in [0.29, 0.717) is 5.92 Å². The molecule has 0 heterocycles. The Morgan fingerprint density at radius 2 is 2.18 bits per heavy atom. The van der Waals surface area contributed by atoms with Gasteiger partial charge in [-0.05, 0) is 30.9 Å². The quantitative estimate of drug-likeness (QED) is 0.846. The zero-order chi connectivity index (χ0) is 12.4. The number of benzene rings is 1. The van der Waals surface area contributed by atoms with Gasteiger partial charge in [0.05, 0.1) is 5.69 Å². The molecular weight excluding hydrogens is 226 g/mol. The lowest BCUT2D eigenvalue weighted by Crippen LogP contribution is -2.29. The molecule has 1 atom stereocenters. The molecule has 5 heteroatoms. The van der Waals surface area contributed by atoms with Crippen LogP contribution in [0.2, 0.25) is 0 Å². The van der Waals surface area contributed by atoms with Crippen LogP contribution in [0.4, 0.5) is 14.5 Å². The van der Waals surface area contributed by atoms with Crippen LogP contribution in [0.15, 0.2) is 18.2 Å². The van der Waals surface area contributed by atoms with Crippen molar-refractivity contribution in [1.82, 2.24) is 0 Å². The number of nitrogens with two attached hydrogens (primary N) is 1. The van der Waals surface area contributed by atoms with Gasteiger partial charge in [0.1, 0.15) is 11.6 Å². The Kier molecular flexibility index (Phi) is 3.38. The third-order valence-corrected chi connectivity index (χ3v) is 2.85. The lowest BCUT2D eigenvalue weighted by molar-refractivity contribution is -0.116. The summed E-state index contributed by atoms with van der Waals surface area (Å²) in [5.41, 5.74) is 5.63. The third kappa shape index (κ3) is 3.23. The third-order valence-electron chi connectivity index (χ3n) is 2.85. The molecule has 17 heavy (non-hydrogen) atoms. The smallest absolute Gasteiger partial charge is 0.226 e. The Morgan fingerprint density at radius 3 is 2.82 bits per heavy atom. The normalized spacial score (nSPS) is 16.6. The van der Waals surface area contributed by atoms with Crippen LogP contribution < -0.4 is 11.1 Å². The summed E-state index contributed by atoms with van der Waals surface area (Å²) in [6, 6.07) is 2.74. The van der Waals surface area contributed by atoms with Crippen LogP contribution >= 0.6 is 0 Å². The van der Waals surface area contributed by atoms with E-state index in [2.05, 4.69) is 5.32 Å². The van der Waals surface area contributed by atoms with E-state index in [9.17, 15) is 13.6 Å². The maximum absolute atomic E-state index is 13.2. The number of halogens is 2. The number of carbonyl (C=O) groups is 1. The van der Waals surface area contributed by atoms with Gasteiger partial charge in [0.25, 0.3) is 0 Å².